The van der Waals surface area contributed by atoms with Gasteiger partial charge >= 0.3 is 6.09 Å². The Morgan fingerprint density at radius 2 is 2.17 bits per heavy atom. The van der Waals surface area contributed by atoms with Crippen LogP contribution >= 0.6 is 0 Å². The van der Waals surface area contributed by atoms with Crippen molar-refractivity contribution >= 4 is 33.2 Å². The van der Waals surface area contributed by atoms with Crippen molar-refractivity contribution in [2.24, 2.45) is 11.1 Å². The fraction of sp³-hybridized carbons (Fsp3) is 0.357. The van der Waals surface area contributed by atoms with Gasteiger partial charge in [0.2, 0.25) is 0 Å². The highest BCUT2D eigenvalue weighted by Crippen LogP contribution is 2.22. The van der Waals surface area contributed by atoms with Crippen LogP contribution in [0.15, 0.2) is 29.4 Å². The Morgan fingerprint density at radius 1 is 1.39 bits per heavy atom. The minimum Gasteiger partial charge on any atom is -0.320 e. The van der Waals surface area contributed by atoms with Gasteiger partial charge in [-0.2, -0.15) is 0 Å². The second-order valence-corrected chi connectivity index (χ2v) is 7.70. The van der Waals surface area contributed by atoms with Crippen LogP contribution in [0, 0.1) is 5.92 Å². The summed E-state index contributed by atoms with van der Waals surface area (Å²) < 4.78 is 22.7. The SMILES string of the molecule is O=C(NCC1CCS(=O)(=O)C1)O/N=C1\C(=O)Nc2ccccc21. The van der Waals surface area contributed by atoms with Crippen LogP contribution in [-0.4, -0.2) is 44.2 Å². The molecule has 23 heavy (non-hydrogen) atoms. The standard InChI is InChI=1S/C14H15N3O5S/c18-13-12(10-3-1-2-4-11(10)16-13)17-22-14(19)15-7-9-5-6-23(20,21)8-9/h1-4,9H,5-8H2,(H,15,19)(H,16,17,18). The number of benzene rings is 1. The molecule has 1 aromatic carbocycles. The lowest BCUT2D eigenvalue weighted by Crippen LogP contribution is -2.30. The number of rotatable bonds is 3. The third-order valence-electron chi connectivity index (χ3n) is 3.73. The van der Waals surface area contributed by atoms with Crippen LogP contribution in [0.3, 0.4) is 0 Å². The minimum absolute atomic E-state index is 0.0270. The highest BCUT2D eigenvalue weighted by atomic mass is 32.2. The lowest BCUT2D eigenvalue weighted by Gasteiger charge is -2.07. The van der Waals surface area contributed by atoms with Gasteiger partial charge in [0.05, 0.1) is 17.2 Å². The van der Waals surface area contributed by atoms with E-state index in [4.69, 9.17) is 4.84 Å². The van der Waals surface area contributed by atoms with Crippen molar-refractivity contribution in [3.63, 3.8) is 0 Å². The Kier molecular flexibility index (Phi) is 4.03. The summed E-state index contributed by atoms with van der Waals surface area (Å²) in [4.78, 5) is 28.1. The molecule has 0 bridgehead atoms. The van der Waals surface area contributed by atoms with Crippen LogP contribution < -0.4 is 10.6 Å². The van der Waals surface area contributed by atoms with Crippen molar-refractivity contribution < 1.29 is 22.8 Å². The molecular weight excluding hydrogens is 322 g/mol. The van der Waals surface area contributed by atoms with Gasteiger partial charge < -0.3 is 10.6 Å². The second-order valence-electron chi connectivity index (χ2n) is 5.47. The number of oxime groups is 1. The maximum absolute atomic E-state index is 11.8. The first-order chi connectivity index (χ1) is 10.9. The summed E-state index contributed by atoms with van der Waals surface area (Å²) in [6.45, 7) is 0.200. The first-order valence-corrected chi connectivity index (χ1v) is 8.91. The van der Waals surface area contributed by atoms with Crippen LogP contribution in [-0.2, 0) is 19.5 Å². The molecule has 0 saturated carbocycles. The van der Waals surface area contributed by atoms with E-state index in [0.717, 1.165) is 0 Å². The summed E-state index contributed by atoms with van der Waals surface area (Å²) in [7, 11) is -2.98. The molecular formula is C14H15N3O5S. The van der Waals surface area contributed by atoms with Crippen molar-refractivity contribution in [2.75, 3.05) is 23.4 Å². The van der Waals surface area contributed by atoms with Crippen molar-refractivity contribution in [3.8, 4) is 0 Å². The van der Waals surface area contributed by atoms with Crippen molar-refractivity contribution in [3.05, 3.63) is 29.8 Å². The number of anilines is 1. The number of para-hydroxylation sites is 1. The fourth-order valence-electron chi connectivity index (χ4n) is 2.57. The zero-order valence-corrected chi connectivity index (χ0v) is 12.9. The topological polar surface area (TPSA) is 114 Å². The number of hydrogen-bond acceptors (Lipinski definition) is 6. The van der Waals surface area contributed by atoms with E-state index < -0.39 is 21.8 Å². The number of carbonyl (C=O) groups excluding carboxylic acids is 2. The molecule has 3 rings (SSSR count). The number of sulfone groups is 1. The molecule has 8 nitrogen and oxygen atoms in total. The molecule has 1 aromatic rings. The summed E-state index contributed by atoms with van der Waals surface area (Å²) in [6, 6.07) is 6.92. The van der Waals surface area contributed by atoms with Gasteiger partial charge in [0, 0.05) is 12.1 Å². The molecule has 1 atom stereocenters. The summed E-state index contributed by atoms with van der Waals surface area (Å²) in [5.74, 6) is -0.345. The van der Waals surface area contributed by atoms with E-state index in [1.165, 1.54) is 0 Å². The maximum atomic E-state index is 11.8. The maximum Gasteiger partial charge on any atom is 0.433 e. The normalized spacial score (nSPS) is 23.4. The largest absolute Gasteiger partial charge is 0.433 e. The summed E-state index contributed by atoms with van der Waals surface area (Å²) in [5, 5.41) is 8.66. The molecule has 2 aliphatic rings. The van der Waals surface area contributed by atoms with E-state index >= 15 is 0 Å². The molecule has 9 heteroatoms. The average Bonchev–Trinajstić information content (AvgIpc) is 3.01. The van der Waals surface area contributed by atoms with Gasteiger partial charge in [0.15, 0.2) is 15.5 Å². The Balaban J connectivity index is 1.56. The fourth-order valence-corrected chi connectivity index (χ4v) is 4.43. The van der Waals surface area contributed by atoms with Crippen LogP contribution in [0.1, 0.15) is 12.0 Å². The molecule has 2 N–H and O–H groups in total. The third kappa shape index (κ3) is 3.50. The Labute approximate surface area is 132 Å². The molecule has 0 radical (unpaired) electrons. The lowest BCUT2D eigenvalue weighted by molar-refractivity contribution is -0.110. The molecule has 2 heterocycles. The zero-order valence-electron chi connectivity index (χ0n) is 12.1. The smallest absolute Gasteiger partial charge is 0.320 e. The molecule has 2 amide bonds. The van der Waals surface area contributed by atoms with Crippen LogP contribution in [0.4, 0.5) is 10.5 Å². The molecule has 0 aliphatic carbocycles. The summed E-state index contributed by atoms with van der Waals surface area (Å²) >= 11 is 0. The first kappa shape index (κ1) is 15.5. The van der Waals surface area contributed by atoms with E-state index in [-0.39, 0.29) is 29.7 Å². The van der Waals surface area contributed by atoms with Gasteiger partial charge in [0.1, 0.15) is 0 Å². The van der Waals surface area contributed by atoms with E-state index in [0.29, 0.717) is 17.7 Å². The molecule has 1 unspecified atom stereocenters. The third-order valence-corrected chi connectivity index (χ3v) is 5.56. The predicted molar refractivity (Wildman–Crippen MR) is 82.9 cm³/mol. The highest BCUT2D eigenvalue weighted by Gasteiger charge is 2.29. The summed E-state index contributed by atoms with van der Waals surface area (Å²) in [6.07, 6.45) is -0.300. The Morgan fingerprint density at radius 3 is 2.91 bits per heavy atom. The number of nitrogens with one attached hydrogen (secondary N) is 2. The number of fused-ring (bicyclic) bond motifs is 1. The number of carbonyl (C=O) groups is 2. The molecule has 122 valence electrons. The average molecular weight is 337 g/mol. The van der Waals surface area contributed by atoms with Crippen LogP contribution in [0.5, 0.6) is 0 Å². The second kappa shape index (κ2) is 5.99. The van der Waals surface area contributed by atoms with E-state index in [9.17, 15) is 18.0 Å². The molecule has 2 aliphatic heterocycles. The zero-order chi connectivity index (χ0) is 16.4. The number of hydrogen-bond donors (Lipinski definition) is 2. The van der Waals surface area contributed by atoms with Crippen LogP contribution in [0.2, 0.25) is 0 Å². The molecule has 0 aromatic heterocycles. The Hall–Kier alpha value is -2.42. The van der Waals surface area contributed by atoms with Gasteiger partial charge in [-0.25, -0.2) is 13.2 Å². The van der Waals surface area contributed by atoms with Gasteiger partial charge in [-0.15, -0.1) is 0 Å². The van der Waals surface area contributed by atoms with Gasteiger partial charge in [-0.1, -0.05) is 23.4 Å². The first-order valence-electron chi connectivity index (χ1n) is 7.08. The van der Waals surface area contributed by atoms with Gasteiger partial charge in [0.25, 0.3) is 5.91 Å². The quantitative estimate of drug-likeness (QED) is 0.616. The van der Waals surface area contributed by atoms with E-state index in [1.807, 2.05) is 0 Å². The van der Waals surface area contributed by atoms with Crippen molar-refractivity contribution in [1.82, 2.24) is 5.32 Å². The van der Waals surface area contributed by atoms with Crippen molar-refractivity contribution in [1.29, 1.82) is 0 Å². The number of nitrogens with zero attached hydrogens (tertiary/aromatic N) is 1. The van der Waals surface area contributed by atoms with E-state index in [2.05, 4.69) is 15.8 Å². The minimum atomic E-state index is -2.98. The van der Waals surface area contributed by atoms with Gasteiger partial charge in [-0.05, 0) is 18.4 Å². The monoisotopic (exact) mass is 337 g/mol. The lowest BCUT2D eigenvalue weighted by atomic mass is 10.1. The van der Waals surface area contributed by atoms with Crippen molar-refractivity contribution in [2.45, 2.75) is 6.42 Å². The molecule has 0 spiro atoms. The number of amides is 2. The molecule has 1 saturated heterocycles. The van der Waals surface area contributed by atoms with Crippen LogP contribution in [0.25, 0.3) is 0 Å². The predicted octanol–water partition coefficient (Wildman–Crippen LogP) is 0.504. The summed E-state index contributed by atoms with van der Waals surface area (Å²) in [5.41, 5.74) is 1.20. The molecule has 1 fully saturated rings. The van der Waals surface area contributed by atoms with E-state index in [1.54, 1.807) is 24.3 Å². The Bertz CT molecular complexity index is 787. The highest BCUT2D eigenvalue weighted by molar-refractivity contribution is 7.91. The van der Waals surface area contributed by atoms with Gasteiger partial charge in [-0.3, -0.25) is 9.63 Å².